The Morgan fingerprint density at radius 1 is 0.897 bits per heavy atom. The average molecular weight is 381 g/mol. The molecule has 1 heteroatoms. The highest BCUT2D eigenvalue weighted by Gasteiger charge is 2.44. The summed E-state index contributed by atoms with van der Waals surface area (Å²) in [5, 5.41) is 10.1. The molecule has 0 unspecified atom stereocenters. The summed E-state index contributed by atoms with van der Waals surface area (Å²) in [6, 6.07) is 28.0. The molecule has 146 valence electrons. The molecule has 2 aliphatic carbocycles. The van der Waals surface area contributed by atoms with Gasteiger partial charge in [0.25, 0.3) is 0 Å². The van der Waals surface area contributed by atoms with Crippen LogP contribution >= 0.6 is 0 Å². The van der Waals surface area contributed by atoms with E-state index >= 15 is 0 Å². The van der Waals surface area contributed by atoms with E-state index in [4.69, 9.17) is 0 Å². The lowest BCUT2D eigenvalue weighted by atomic mass is 9.59. The topological polar surface area (TPSA) is 20.2 Å². The fourth-order valence-corrected chi connectivity index (χ4v) is 5.70. The Hall–Kier alpha value is -2.80. The van der Waals surface area contributed by atoms with Gasteiger partial charge in [-0.2, -0.15) is 0 Å². The monoisotopic (exact) mass is 380 g/mol. The van der Waals surface area contributed by atoms with E-state index in [0.717, 1.165) is 25.7 Å². The van der Waals surface area contributed by atoms with Gasteiger partial charge in [0.2, 0.25) is 0 Å². The predicted molar refractivity (Wildman–Crippen MR) is 120 cm³/mol. The van der Waals surface area contributed by atoms with E-state index in [0.29, 0.717) is 11.7 Å². The van der Waals surface area contributed by atoms with E-state index in [-0.39, 0.29) is 5.41 Å². The zero-order valence-corrected chi connectivity index (χ0v) is 16.9. The lowest BCUT2D eigenvalue weighted by molar-refractivity contribution is 0.247. The molecule has 0 fully saturated rings. The van der Waals surface area contributed by atoms with Gasteiger partial charge in [-0.25, -0.2) is 0 Å². The first-order valence-electron chi connectivity index (χ1n) is 10.9. The molecular weight excluding hydrogens is 352 g/mol. The highest BCUT2D eigenvalue weighted by atomic mass is 16.3. The Balaban J connectivity index is 1.63. The van der Waals surface area contributed by atoms with E-state index < -0.39 is 0 Å². The minimum absolute atomic E-state index is 0.110. The molecule has 0 saturated heterocycles. The number of phenols is 1. The van der Waals surface area contributed by atoms with Crippen LogP contribution in [0.2, 0.25) is 0 Å². The summed E-state index contributed by atoms with van der Waals surface area (Å²) in [4.78, 5) is 0. The number of benzene rings is 3. The van der Waals surface area contributed by atoms with Crippen molar-refractivity contribution >= 4 is 5.57 Å². The summed E-state index contributed by atoms with van der Waals surface area (Å²) in [5.41, 5.74) is 7.21. The van der Waals surface area contributed by atoms with Crippen LogP contribution in [0.15, 0.2) is 84.9 Å². The minimum atomic E-state index is 0.110. The molecular formula is C28H28O. The molecule has 1 N–H and O–H groups in total. The molecule has 3 aromatic rings. The highest BCUT2D eigenvalue weighted by Crippen LogP contribution is 2.52. The number of aryl methyl sites for hydroxylation is 1. The van der Waals surface area contributed by atoms with Crippen LogP contribution in [0.3, 0.4) is 0 Å². The van der Waals surface area contributed by atoms with Gasteiger partial charge in [-0.3, -0.25) is 0 Å². The van der Waals surface area contributed by atoms with E-state index in [1.807, 2.05) is 12.1 Å². The van der Waals surface area contributed by atoms with Gasteiger partial charge >= 0.3 is 0 Å². The van der Waals surface area contributed by atoms with E-state index in [1.54, 1.807) is 0 Å². The number of fused-ring (bicyclic) bond motifs is 3. The highest BCUT2D eigenvalue weighted by molar-refractivity contribution is 5.67. The second kappa shape index (κ2) is 7.55. The molecule has 29 heavy (non-hydrogen) atoms. The van der Waals surface area contributed by atoms with Gasteiger partial charge in [0.05, 0.1) is 0 Å². The molecule has 3 aromatic carbocycles. The fourth-order valence-electron chi connectivity index (χ4n) is 5.70. The van der Waals surface area contributed by atoms with Crippen molar-refractivity contribution in [2.24, 2.45) is 5.92 Å². The SMILES string of the molecule is Oc1ccc2c(c1)CCC[C@H]1CC(c3ccccc3)=CC[C@@]21Cc1ccccc1. The Morgan fingerprint density at radius 2 is 1.66 bits per heavy atom. The first-order valence-corrected chi connectivity index (χ1v) is 10.9. The van der Waals surface area contributed by atoms with E-state index in [2.05, 4.69) is 72.8 Å². The molecule has 0 saturated carbocycles. The predicted octanol–water partition coefficient (Wildman–Crippen LogP) is 6.70. The van der Waals surface area contributed by atoms with Gasteiger partial charge < -0.3 is 5.11 Å². The number of hydrogen-bond acceptors (Lipinski definition) is 1. The van der Waals surface area contributed by atoms with Crippen molar-refractivity contribution in [3.8, 4) is 5.75 Å². The minimum Gasteiger partial charge on any atom is -0.508 e. The summed E-state index contributed by atoms with van der Waals surface area (Å²) < 4.78 is 0. The molecule has 5 rings (SSSR count). The molecule has 1 nitrogen and oxygen atoms in total. The van der Waals surface area contributed by atoms with Gasteiger partial charge in [-0.05, 0) is 84.4 Å². The van der Waals surface area contributed by atoms with Gasteiger partial charge in [-0.1, -0.05) is 72.8 Å². The van der Waals surface area contributed by atoms with E-state index in [9.17, 15) is 5.11 Å². The van der Waals surface area contributed by atoms with Gasteiger partial charge in [-0.15, -0.1) is 0 Å². The summed E-state index contributed by atoms with van der Waals surface area (Å²) in [5.74, 6) is 1.02. The Morgan fingerprint density at radius 3 is 2.45 bits per heavy atom. The first kappa shape index (κ1) is 18.2. The van der Waals surface area contributed by atoms with Crippen LogP contribution in [0.5, 0.6) is 5.75 Å². The molecule has 0 aromatic heterocycles. The molecule has 0 bridgehead atoms. The lowest BCUT2D eigenvalue weighted by Gasteiger charge is -2.44. The van der Waals surface area contributed by atoms with Crippen LogP contribution in [0, 0.1) is 5.92 Å². The first-order chi connectivity index (χ1) is 14.2. The van der Waals surface area contributed by atoms with Crippen LogP contribution in [-0.2, 0) is 18.3 Å². The number of phenolic OH excluding ortho intramolecular Hbond substituents is 1. The van der Waals surface area contributed by atoms with Crippen molar-refractivity contribution in [3.05, 3.63) is 107 Å². The van der Waals surface area contributed by atoms with Crippen LogP contribution in [0.25, 0.3) is 5.57 Å². The van der Waals surface area contributed by atoms with Crippen molar-refractivity contribution in [2.45, 2.75) is 43.9 Å². The van der Waals surface area contributed by atoms with E-state index in [1.165, 1.54) is 40.7 Å². The summed E-state index contributed by atoms with van der Waals surface area (Å²) in [6.45, 7) is 0. The second-order valence-electron chi connectivity index (χ2n) is 8.75. The molecule has 0 amide bonds. The molecule has 0 aliphatic heterocycles. The summed E-state index contributed by atoms with van der Waals surface area (Å²) >= 11 is 0. The van der Waals surface area contributed by atoms with Crippen molar-refractivity contribution in [1.82, 2.24) is 0 Å². The van der Waals surface area contributed by atoms with Gasteiger partial charge in [0.1, 0.15) is 5.75 Å². The van der Waals surface area contributed by atoms with Crippen LogP contribution in [0.4, 0.5) is 0 Å². The van der Waals surface area contributed by atoms with Gasteiger partial charge in [0.15, 0.2) is 0 Å². The maximum Gasteiger partial charge on any atom is 0.115 e. The van der Waals surface area contributed by atoms with Crippen LogP contribution < -0.4 is 0 Å². The maximum absolute atomic E-state index is 10.1. The number of rotatable bonds is 3. The largest absolute Gasteiger partial charge is 0.508 e. The third-order valence-corrected chi connectivity index (χ3v) is 7.09. The van der Waals surface area contributed by atoms with Crippen LogP contribution in [-0.4, -0.2) is 5.11 Å². The lowest BCUT2D eigenvalue weighted by Crippen LogP contribution is -2.39. The van der Waals surface area contributed by atoms with Crippen molar-refractivity contribution in [1.29, 1.82) is 0 Å². The summed E-state index contributed by atoms with van der Waals surface area (Å²) in [7, 11) is 0. The van der Waals surface area contributed by atoms with Gasteiger partial charge in [0, 0.05) is 5.41 Å². The number of hydrogen-bond donors (Lipinski definition) is 1. The smallest absolute Gasteiger partial charge is 0.115 e. The maximum atomic E-state index is 10.1. The Labute approximate surface area is 173 Å². The number of aromatic hydroxyl groups is 1. The third kappa shape index (κ3) is 3.40. The molecule has 0 heterocycles. The molecule has 0 radical (unpaired) electrons. The van der Waals surface area contributed by atoms with Crippen molar-refractivity contribution < 1.29 is 5.11 Å². The van der Waals surface area contributed by atoms with Crippen molar-refractivity contribution in [2.75, 3.05) is 0 Å². The zero-order valence-electron chi connectivity index (χ0n) is 16.9. The normalized spacial score (nSPS) is 23.4. The third-order valence-electron chi connectivity index (χ3n) is 7.09. The molecule has 2 aliphatic rings. The fraction of sp³-hybridized carbons (Fsp3) is 0.286. The van der Waals surface area contributed by atoms with Crippen molar-refractivity contribution in [3.63, 3.8) is 0 Å². The Bertz CT molecular complexity index is 1020. The number of allylic oxidation sites excluding steroid dienone is 2. The zero-order chi connectivity index (χ0) is 19.7. The Kier molecular flexibility index (Phi) is 4.75. The quantitative estimate of drug-likeness (QED) is 0.536. The standard InChI is InChI=1S/C28H28O/c29-26-14-15-27-24(19-26)12-7-13-25-18-23(22-10-5-2-6-11-22)16-17-28(25,27)20-21-8-3-1-4-9-21/h1-6,8-11,14-16,19,25,29H,7,12-13,17-18,20H2/t25-,28-/m0/s1. The summed E-state index contributed by atoms with van der Waals surface area (Å²) in [6.07, 6.45) is 9.26. The average Bonchev–Trinajstić information content (AvgIpc) is 2.91. The molecule has 2 atom stereocenters. The molecule has 0 spiro atoms. The van der Waals surface area contributed by atoms with Crippen LogP contribution in [0.1, 0.15) is 47.9 Å². The second-order valence-corrected chi connectivity index (χ2v) is 8.75.